The van der Waals surface area contributed by atoms with Crippen LogP contribution in [0, 0.1) is 11.3 Å². The van der Waals surface area contributed by atoms with Crippen molar-refractivity contribution in [3.63, 3.8) is 0 Å². The molecule has 1 fully saturated rings. The lowest BCUT2D eigenvalue weighted by Gasteiger charge is -2.34. The first-order valence-corrected chi connectivity index (χ1v) is 11.8. The van der Waals surface area contributed by atoms with Gasteiger partial charge in [0.25, 0.3) is 0 Å². The Morgan fingerprint density at radius 3 is 2.71 bits per heavy atom. The monoisotopic (exact) mass is 464 g/mol. The second-order valence-electron chi connectivity index (χ2n) is 7.00. The maximum atomic E-state index is 12.6. The smallest absolute Gasteiger partial charge is 0.387 e. The molecular formula is C20H18F2N4O3S2. The number of thiophene rings is 1. The van der Waals surface area contributed by atoms with Gasteiger partial charge < -0.3 is 9.64 Å². The molecule has 0 unspecified atom stereocenters. The van der Waals surface area contributed by atoms with Crippen LogP contribution in [0.1, 0.15) is 18.4 Å². The van der Waals surface area contributed by atoms with Crippen LogP contribution in [0.15, 0.2) is 46.1 Å². The fourth-order valence-electron chi connectivity index (χ4n) is 3.67. The molecule has 1 aliphatic heterocycles. The van der Waals surface area contributed by atoms with Gasteiger partial charge in [-0.3, -0.25) is 4.98 Å². The van der Waals surface area contributed by atoms with Crippen molar-refractivity contribution in [3.8, 4) is 11.8 Å². The van der Waals surface area contributed by atoms with Crippen LogP contribution in [0.4, 0.5) is 14.5 Å². The Labute approximate surface area is 181 Å². The number of halogens is 2. The highest BCUT2D eigenvalue weighted by Crippen LogP contribution is 2.34. The summed E-state index contributed by atoms with van der Waals surface area (Å²) in [5.41, 5.74) is 1.46. The number of piperidine rings is 1. The molecule has 7 nitrogen and oxygen atoms in total. The summed E-state index contributed by atoms with van der Waals surface area (Å²) in [5.74, 6) is -0.0146. The third-order valence-electron chi connectivity index (χ3n) is 5.05. The summed E-state index contributed by atoms with van der Waals surface area (Å²) in [4.78, 5) is 6.20. The fourth-order valence-corrected chi connectivity index (χ4v) is 5.99. The van der Waals surface area contributed by atoms with Gasteiger partial charge in [-0.05, 0) is 42.5 Å². The van der Waals surface area contributed by atoms with Crippen molar-refractivity contribution in [1.82, 2.24) is 9.71 Å². The Morgan fingerprint density at radius 1 is 1.29 bits per heavy atom. The van der Waals surface area contributed by atoms with Gasteiger partial charge >= 0.3 is 6.61 Å². The summed E-state index contributed by atoms with van der Waals surface area (Å²) < 4.78 is 57.8. The van der Waals surface area contributed by atoms with E-state index in [0.717, 1.165) is 11.3 Å². The summed E-state index contributed by atoms with van der Waals surface area (Å²) in [5, 5.41) is 11.8. The van der Waals surface area contributed by atoms with Crippen molar-refractivity contribution in [2.45, 2.75) is 29.7 Å². The fraction of sp³-hybridized carbons (Fsp3) is 0.300. The summed E-state index contributed by atoms with van der Waals surface area (Å²) in [6, 6.07) is 9.55. The van der Waals surface area contributed by atoms with E-state index >= 15 is 0 Å². The number of pyridine rings is 1. The van der Waals surface area contributed by atoms with Gasteiger partial charge in [0.05, 0.1) is 16.8 Å². The maximum absolute atomic E-state index is 12.6. The van der Waals surface area contributed by atoms with Crippen LogP contribution in [0.3, 0.4) is 0 Å². The molecule has 162 valence electrons. The van der Waals surface area contributed by atoms with Gasteiger partial charge in [-0.1, -0.05) is 6.07 Å². The number of nitrogens with one attached hydrogen (secondary N) is 1. The minimum absolute atomic E-state index is 0.0146. The number of rotatable bonds is 6. The largest absolute Gasteiger partial charge is 0.435 e. The first kappa shape index (κ1) is 21.4. The topological polar surface area (TPSA) is 95.3 Å². The molecule has 1 saturated heterocycles. The SMILES string of the molecule is N#Cc1cnc2ccc(OC(F)F)cc2c1N1CCC(NS(=O)(=O)c2cccs2)CC1. The Hall–Kier alpha value is -2.81. The van der Waals surface area contributed by atoms with Crippen LogP contribution in [-0.4, -0.2) is 39.1 Å². The predicted molar refractivity (Wildman–Crippen MR) is 113 cm³/mol. The second kappa shape index (κ2) is 8.74. The molecular weight excluding hydrogens is 446 g/mol. The predicted octanol–water partition coefficient (Wildman–Crippen LogP) is 3.72. The van der Waals surface area contributed by atoms with E-state index < -0.39 is 16.6 Å². The Balaban J connectivity index is 1.57. The molecule has 0 radical (unpaired) electrons. The molecule has 1 aromatic carbocycles. The summed E-state index contributed by atoms with van der Waals surface area (Å²) >= 11 is 1.16. The summed E-state index contributed by atoms with van der Waals surface area (Å²) in [6.07, 6.45) is 2.52. The van der Waals surface area contributed by atoms with Crippen molar-refractivity contribution < 1.29 is 21.9 Å². The second-order valence-corrected chi connectivity index (χ2v) is 9.89. The van der Waals surface area contributed by atoms with Crippen molar-refractivity contribution in [1.29, 1.82) is 5.26 Å². The van der Waals surface area contributed by atoms with Crippen molar-refractivity contribution in [2.24, 2.45) is 0 Å². The minimum Gasteiger partial charge on any atom is -0.435 e. The standard InChI is InChI=1S/C20H18F2N4O3S2/c21-20(22)29-15-3-4-17-16(10-15)19(13(11-23)12-24-17)26-7-5-14(6-8-26)25-31(27,28)18-2-1-9-30-18/h1-4,9-10,12,14,20,25H,5-8H2. The number of benzene rings is 1. The highest BCUT2D eigenvalue weighted by Gasteiger charge is 2.27. The number of alkyl halides is 2. The number of fused-ring (bicyclic) bond motifs is 1. The van der Waals surface area contributed by atoms with Gasteiger partial charge in [-0.25, -0.2) is 13.1 Å². The lowest BCUT2D eigenvalue weighted by Crippen LogP contribution is -2.44. The lowest BCUT2D eigenvalue weighted by atomic mass is 10.0. The number of sulfonamides is 1. The molecule has 31 heavy (non-hydrogen) atoms. The number of hydrogen-bond acceptors (Lipinski definition) is 7. The average molecular weight is 465 g/mol. The van der Waals surface area contributed by atoms with Crippen molar-refractivity contribution >= 4 is 38.0 Å². The van der Waals surface area contributed by atoms with E-state index in [4.69, 9.17) is 0 Å². The van der Waals surface area contributed by atoms with Crippen molar-refractivity contribution in [3.05, 3.63) is 47.5 Å². The van der Waals surface area contributed by atoms with Crippen LogP contribution in [0.25, 0.3) is 10.9 Å². The Bertz CT molecular complexity index is 1220. The van der Waals surface area contributed by atoms with E-state index in [1.165, 1.54) is 18.3 Å². The zero-order chi connectivity index (χ0) is 22.0. The molecule has 0 amide bonds. The zero-order valence-electron chi connectivity index (χ0n) is 16.2. The highest BCUT2D eigenvalue weighted by molar-refractivity contribution is 7.91. The van der Waals surface area contributed by atoms with Gasteiger partial charge in [-0.15, -0.1) is 11.3 Å². The molecule has 1 N–H and O–H groups in total. The van der Waals surface area contributed by atoms with Gasteiger partial charge in [0.2, 0.25) is 10.0 Å². The molecule has 0 bridgehead atoms. The first-order valence-electron chi connectivity index (χ1n) is 9.46. The number of nitriles is 1. The summed E-state index contributed by atoms with van der Waals surface area (Å²) in [6.45, 7) is -1.98. The van der Waals surface area contributed by atoms with E-state index in [9.17, 15) is 22.5 Å². The normalized spacial score (nSPS) is 15.4. The molecule has 0 spiro atoms. The van der Waals surface area contributed by atoms with Crippen LogP contribution in [-0.2, 0) is 10.0 Å². The third-order valence-corrected chi connectivity index (χ3v) is 7.97. The number of ether oxygens (including phenoxy) is 1. The van der Waals surface area contributed by atoms with Gasteiger partial charge in [-0.2, -0.15) is 14.0 Å². The third kappa shape index (κ3) is 4.61. The van der Waals surface area contributed by atoms with Gasteiger partial charge in [0, 0.05) is 30.7 Å². The number of aromatic nitrogens is 1. The van der Waals surface area contributed by atoms with E-state index in [1.54, 1.807) is 23.6 Å². The lowest BCUT2D eigenvalue weighted by molar-refractivity contribution is -0.0497. The molecule has 0 aliphatic carbocycles. The molecule has 1 aliphatic rings. The highest BCUT2D eigenvalue weighted by atomic mass is 32.2. The summed E-state index contributed by atoms with van der Waals surface area (Å²) in [7, 11) is -3.56. The Morgan fingerprint density at radius 2 is 2.06 bits per heavy atom. The zero-order valence-corrected chi connectivity index (χ0v) is 17.8. The molecule has 11 heteroatoms. The number of hydrogen-bond donors (Lipinski definition) is 1. The first-order chi connectivity index (χ1) is 14.9. The molecule has 4 rings (SSSR count). The molecule has 3 aromatic rings. The minimum atomic E-state index is -3.56. The number of anilines is 1. The van der Waals surface area contributed by atoms with E-state index in [-0.39, 0.29) is 16.0 Å². The molecule has 2 aromatic heterocycles. The number of nitrogens with zero attached hydrogens (tertiary/aromatic N) is 3. The van der Waals surface area contributed by atoms with Crippen LogP contribution in [0.2, 0.25) is 0 Å². The Kier molecular flexibility index (Phi) is 6.04. The van der Waals surface area contributed by atoms with Gasteiger partial charge in [0.1, 0.15) is 16.0 Å². The molecule has 3 heterocycles. The van der Waals surface area contributed by atoms with Gasteiger partial charge in [0.15, 0.2) is 0 Å². The van der Waals surface area contributed by atoms with E-state index in [2.05, 4.69) is 20.5 Å². The van der Waals surface area contributed by atoms with Crippen LogP contribution in [0.5, 0.6) is 5.75 Å². The quantitative estimate of drug-likeness (QED) is 0.598. The molecule has 0 saturated carbocycles. The van der Waals surface area contributed by atoms with E-state index in [0.29, 0.717) is 48.1 Å². The van der Waals surface area contributed by atoms with E-state index in [1.807, 2.05) is 4.90 Å². The molecule has 0 atom stereocenters. The average Bonchev–Trinajstić information content (AvgIpc) is 3.29. The maximum Gasteiger partial charge on any atom is 0.387 e. The van der Waals surface area contributed by atoms with Crippen LogP contribution < -0.4 is 14.4 Å². The van der Waals surface area contributed by atoms with Crippen LogP contribution >= 0.6 is 11.3 Å². The van der Waals surface area contributed by atoms with Crippen molar-refractivity contribution in [2.75, 3.05) is 18.0 Å².